The van der Waals surface area contributed by atoms with E-state index in [1.807, 2.05) is 0 Å². The van der Waals surface area contributed by atoms with Gasteiger partial charge in [-0.3, -0.25) is 9.78 Å². The minimum Gasteiger partial charge on any atom is -0.310 e. The number of aryl methyl sites for hydroxylation is 2. The second kappa shape index (κ2) is 5.41. The fraction of sp³-hybridized carbons (Fsp3) is 0.312. The Hall–Kier alpha value is -2.22. The second-order valence-electron chi connectivity index (χ2n) is 5.76. The number of fused-ring (bicyclic) bond motifs is 3. The maximum absolute atomic E-state index is 12.6. The molecule has 24 heavy (non-hydrogen) atoms. The molecule has 0 radical (unpaired) electrons. The maximum Gasteiger partial charge on any atom is 0.417 e. The zero-order valence-corrected chi connectivity index (χ0v) is 13.2. The number of hydrogen-bond acceptors (Lipinski definition) is 4. The Morgan fingerprint density at radius 2 is 2.08 bits per heavy atom. The molecule has 0 bridgehead atoms. The van der Waals surface area contributed by atoms with E-state index >= 15 is 0 Å². The fourth-order valence-electron chi connectivity index (χ4n) is 3.00. The van der Waals surface area contributed by atoms with Crippen LogP contribution in [0.4, 0.5) is 13.2 Å². The number of rotatable bonds is 2. The highest BCUT2D eigenvalue weighted by molar-refractivity contribution is 7.18. The fourth-order valence-corrected chi connectivity index (χ4v) is 4.28. The van der Waals surface area contributed by atoms with Crippen molar-refractivity contribution in [1.29, 1.82) is 0 Å². The predicted molar refractivity (Wildman–Crippen MR) is 84.3 cm³/mol. The molecule has 4 rings (SSSR count). The summed E-state index contributed by atoms with van der Waals surface area (Å²) in [5, 5.41) is 0.664. The number of H-pyrrole nitrogens is 1. The van der Waals surface area contributed by atoms with Gasteiger partial charge in [0.2, 0.25) is 0 Å². The van der Waals surface area contributed by atoms with E-state index in [2.05, 4.69) is 15.0 Å². The molecule has 3 aromatic heterocycles. The molecule has 0 fully saturated rings. The van der Waals surface area contributed by atoms with Gasteiger partial charge in [-0.05, 0) is 37.0 Å². The van der Waals surface area contributed by atoms with Crippen LogP contribution in [-0.4, -0.2) is 15.0 Å². The monoisotopic (exact) mass is 351 g/mol. The SMILES string of the molecule is O=c1[nH]c(Cc2ccc(C(F)(F)F)cn2)nc2sc3c(c12)CCC3. The molecule has 8 heteroatoms. The van der Waals surface area contributed by atoms with Gasteiger partial charge in [0.05, 0.1) is 10.9 Å². The summed E-state index contributed by atoms with van der Waals surface area (Å²) in [4.78, 5) is 25.3. The lowest BCUT2D eigenvalue weighted by Gasteiger charge is -2.06. The summed E-state index contributed by atoms with van der Waals surface area (Å²) in [7, 11) is 0. The van der Waals surface area contributed by atoms with Crippen LogP contribution in [0, 0.1) is 0 Å². The van der Waals surface area contributed by atoms with Crippen molar-refractivity contribution >= 4 is 21.6 Å². The zero-order chi connectivity index (χ0) is 16.9. The number of halogens is 3. The van der Waals surface area contributed by atoms with Crippen LogP contribution in [0.5, 0.6) is 0 Å². The van der Waals surface area contributed by atoms with E-state index in [4.69, 9.17) is 0 Å². The van der Waals surface area contributed by atoms with Crippen molar-refractivity contribution in [2.24, 2.45) is 0 Å². The van der Waals surface area contributed by atoms with E-state index in [0.29, 0.717) is 21.7 Å². The first-order valence-corrected chi connectivity index (χ1v) is 8.29. The molecule has 0 atom stereocenters. The van der Waals surface area contributed by atoms with Crippen LogP contribution in [0.3, 0.4) is 0 Å². The molecule has 124 valence electrons. The number of nitrogens with one attached hydrogen (secondary N) is 1. The Balaban J connectivity index is 1.67. The van der Waals surface area contributed by atoms with Crippen molar-refractivity contribution < 1.29 is 13.2 Å². The molecule has 1 aliphatic rings. The highest BCUT2D eigenvalue weighted by Crippen LogP contribution is 2.34. The summed E-state index contributed by atoms with van der Waals surface area (Å²) >= 11 is 1.53. The molecule has 0 spiro atoms. The Morgan fingerprint density at radius 1 is 1.25 bits per heavy atom. The van der Waals surface area contributed by atoms with Crippen LogP contribution in [0.2, 0.25) is 0 Å². The average molecular weight is 351 g/mol. The van der Waals surface area contributed by atoms with E-state index in [1.165, 1.54) is 22.3 Å². The average Bonchev–Trinajstić information content (AvgIpc) is 3.07. The van der Waals surface area contributed by atoms with Gasteiger partial charge in [-0.25, -0.2) is 4.98 Å². The topological polar surface area (TPSA) is 58.6 Å². The third-order valence-corrected chi connectivity index (χ3v) is 5.31. The molecule has 0 saturated heterocycles. The van der Waals surface area contributed by atoms with Gasteiger partial charge >= 0.3 is 6.18 Å². The van der Waals surface area contributed by atoms with E-state index in [0.717, 1.165) is 37.1 Å². The molecule has 3 heterocycles. The zero-order valence-electron chi connectivity index (χ0n) is 12.4. The van der Waals surface area contributed by atoms with Gasteiger partial charge in [-0.1, -0.05) is 0 Å². The van der Waals surface area contributed by atoms with Crippen molar-refractivity contribution in [2.75, 3.05) is 0 Å². The lowest BCUT2D eigenvalue weighted by molar-refractivity contribution is -0.137. The van der Waals surface area contributed by atoms with E-state index in [1.54, 1.807) is 0 Å². The third kappa shape index (κ3) is 2.60. The first kappa shape index (κ1) is 15.3. The Bertz CT molecular complexity index is 973. The minimum absolute atomic E-state index is 0.179. The molecular weight excluding hydrogens is 339 g/mol. The maximum atomic E-state index is 12.6. The van der Waals surface area contributed by atoms with Gasteiger partial charge in [-0.2, -0.15) is 13.2 Å². The lowest BCUT2D eigenvalue weighted by atomic mass is 10.2. The van der Waals surface area contributed by atoms with Gasteiger partial charge in [0.15, 0.2) is 0 Å². The van der Waals surface area contributed by atoms with Crippen LogP contribution in [0.25, 0.3) is 10.2 Å². The molecule has 0 saturated carbocycles. The Labute approximate surface area is 138 Å². The van der Waals surface area contributed by atoms with Crippen molar-refractivity contribution in [1.82, 2.24) is 15.0 Å². The molecule has 1 aliphatic carbocycles. The molecule has 0 aromatic carbocycles. The summed E-state index contributed by atoms with van der Waals surface area (Å²) in [5.41, 5.74) is 0.553. The standard InChI is InChI=1S/C16H12F3N3OS/c17-16(18,19)8-4-5-9(20-7-8)6-12-21-14(23)13-10-2-1-3-11(10)24-15(13)22-12/h4-5,7H,1-3,6H2,(H,21,22,23). The largest absolute Gasteiger partial charge is 0.417 e. The summed E-state index contributed by atoms with van der Waals surface area (Å²) in [6, 6.07) is 2.29. The number of thiophene rings is 1. The predicted octanol–water partition coefficient (Wildman–Crippen LogP) is 3.48. The van der Waals surface area contributed by atoms with Crippen molar-refractivity contribution in [3.05, 3.63) is 56.2 Å². The minimum atomic E-state index is -4.41. The Morgan fingerprint density at radius 3 is 2.79 bits per heavy atom. The van der Waals surface area contributed by atoms with Crippen LogP contribution in [0.1, 0.15) is 33.9 Å². The molecule has 0 unspecified atom stereocenters. The van der Waals surface area contributed by atoms with Gasteiger partial charge in [-0.15, -0.1) is 11.3 Å². The Kier molecular flexibility index (Phi) is 3.45. The summed E-state index contributed by atoms with van der Waals surface area (Å²) in [5.74, 6) is 0.416. The molecule has 3 aromatic rings. The first-order valence-electron chi connectivity index (χ1n) is 7.47. The van der Waals surface area contributed by atoms with Crippen LogP contribution >= 0.6 is 11.3 Å². The van der Waals surface area contributed by atoms with Crippen molar-refractivity contribution in [3.8, 4) is 0 Å². The van der Waals surface area contributed by atoms with E-state index < -0.39 is 11.7 Å². The number of alkyl halides is 3. The number of nitrogens with zero attached hydrogens (tertiary/aromatic N) is 2. The number of hydrogen-bond donors (Lipinski definition) is 1. The summed E-state index contributed by atoms with van der Waals surface area (Å²) in [6.07, 6.45) is -0.481. The highest BCUT2D eigenvalue weighted by atomic mass is 32.1. The number of aromatic amines is 1. The molecule has 4 nitrogen and oxygen atoms in total. The van der Waals surface area contributed by atoms with E-state index in [-0.39, 0.29) is 12.0 Å². The van der Waals surface area contributed by atoms with Gasteiger partial charge < -0.3 is 4.98 Å². The normalized spacial score (nSPS) is 14.3. The number of pyridine rings is 1. The highest BCUT2D eigenvalue weighted by Gasteiger charge is 2.30. The van der Waals surface area contributed by atoms with Crippen LogP contribution < -0.4 is 5.56 Å². The molecule has 0 amide bonds. The third-order valence-electron chi connectivity index (χ3n) is 4.12. The lowest BCUT2D eigenvalue weighted by Crippen LogP contribution is -2.13. The second-order valence-corrected chi connectivity index (χ2v) is 6.85. The summed E-state index contributed by atoms with van der Waals surface area (Å²) in [6.45, 7) is 0. The van der Waals surface area contributed by atoms with Crippen LogP contribution in [0.15, 0.2) is 23.1 Å². The van der Waals surface area contributed by atoms with Gasteiger partial charge in [0, 0.05) is 23.2 Å². The van der Waals surface area contributed by atoms with Crippen molar-refractivity contribution in [3.63, 3.8) is 0 Å². The van der Waals surface area contributed by atoms with E-state index in [9.17, 15) is 18.0 Å². The smallest absolute Gasteiger partial charge is 0.310 e. The van der Waals surface area contributed by atoms with Crippen LogP contribution in [-0.2, 0) is 25.4 Å². The molecule has 0 aliphatic heterocycles. The molecule has 1 N–H and O–H groups in total. The quantitative estimate of drug-likeness (QED) is 0.769. The summed E-state index contributed by atoms with van der Waals surface area (Å²) < 4.78 is 37.7. The van der Waals surface area contributed by atoms with Gasteiger partial charge in [0.1, 0.15) is 10.7 Å². The first-order chi connectivity index (χ1) is 11.4. The van der Waals surface area contributed by atoms with Crippen molar-refractivity contribution in [2.45, 2.75) is 31.9 Å². The molecular formula is C16H12F3N3OS. The van der Waals surface area contributed by atoms with Gasteiger partial charge in [0.25, 0.3) is 5.56 Å². The number of aromatic nitrogens is 3.